The fourth-order valence-corrected chi connectivity index (χ4v) is 1.83. The van der Waals surface area contributed by atoms with E-state index in [2.05, 4.69) is 26.6 Å². The van der Waals surface area contributed by atoms with Crippen molar-refractivity contribution >= 4 is 51.5 Å². The highest BCUT2D eigenvalue weighted by Crippen LogP contribution is 2.27. The van der Waals surface area contributed by atoms with Gasteiger partial charge in [0.1, 0.15) is 0 Å². The van der Waals surface area contributed by atoms with Crippen LogP contribution in [0.1, 0.15) is 12.5 Å². The van der Waals surface area contributed by atoms with Gasteiger partial charge in [-0.3, -0.25) is 9.59 Å². The number of nitrogen functional groups attached to an aromatic ring is 1. The van der Waals surface area contributed by atoms with E-state index in [4.69, 9.17) is 5.73 Å². The smallest absolute Gasteiger partial charge is 0.243 e. The van der Waals surface area contributed by atoms with Gasteiger partial charge in [-0.25, -0.2) is 0 Å². The van der Waals surface area contributed by atoms with Gasteiger partial charge >= 0.3 is 0 Å². The Kier molecular flexibility index (Phi) is 6.72. The van der Waals surface area contributed by atoms with Crippen LogP contribution >= 0.6 is 28.3 Å². The molecule has 18 heavy (non-hydrogen) atoms. The summed E-state index contributed by atoms with van der Waals surface area (Å²) < 4.78 is 0.832. The topological polar surface area (TPSA) is 84.2 Å². The number of hydrogen-bond donors (Lipinski definition) is 3. The van der Waals surface area contributed by atoms with Crippen molar-refractivity contribution in [3.63, 3.8) is 0 Å². The third kappa shape index (κ3) is 4.93. The van der Waals surface area contributed by atoms with Crippen molar-refractivity contribution in [2.24, 2.45) is 0 Å². The molecule has 0 fully saturated rings. The van der Waals surface area contributed by atoms with E-state index < -0.39 is 0 Å². The van der Waals surface area contributed by atoms with E-state index in [0.29, 0.717) is 11.4 Å². The Balaban J connectivity index is 0.00000289. The lowest BCUT2D eigenvalue weighted by Crippen LogP contribution is -2.31. The number of rotatable bonds is 3. The van der Waals surface area contributed by atoms with Crippen LogP contribution in [-0.2, 0) is 9.59 Å². The molecule has 0 saturated heterocycles. The second-order valence-electron chi connectivity index (χ2n) is 3.64. The maximum absolute atomic E-state index is 11.5. The fraction of sp³-hybridized carbons (Fsp3) is 0.273. The van der Waals surface area contributed by atoms with Crippen LogP contribution < -0.4 is 16.4 Å². The summed E-state index contributed by atoms with van der Waals surface area (Å²) in [5.41, 5.74) is 7.75. The molecule has 1 aromatic carbocycles. The summed E-state index contributed by atoms with van der Waals surface area (Å²) in [6.45, 7) is 3.13. The average Bonchev–Trinajstić information content (AvgIpc) is 2.22. The zero-order chi connectivity index (χ0) is 13.0. The Labute approximate surface area is 120 Å². The summed E-state index contributed by atoms with van der Waals surface area (Å²) in [4.78, 5) is 22.1. The molecule has 1 aromatic rings. The van der Waals surface area contributed by atoms with Gasteiger partial charge in [0.05, 0.1) is 17.9 Å². The van der Waals surface area contributed by atoms with E-state index in [1.807, 2.05) is 13.0 Å². The molecule has 0 atom stereocenters. The van der Waals surface area contributed by atoms with Crippen LogP contribution in [-0.4, -0.2) is 18.4 Å². The number of halogens is 2. The van der Waals surface area contributed by atoms with Gasteiger partial charge in [0.25, 0.3) is 0 Å². The molecule has 1 rings (SSSR count). The Morgan fingerprint density at radius 2 is 2.00 bits per heavy atom. The molecular formula is C11H15BrClN3O2. The quantitative estimate of drug-likeness (QED) is 0.736. The number of carbonyl (C=O) groups is 2. The molecule has 0 radical (unpaired) electrons. The summed E-state index contributed by atoms with van der Waals surface area (Å²) in [5, 5.41) is 5.05. The highest BCUT2D eigenvalue weighted by molar-refractivity contribution is 9.10. The number of nitrogens with two attached hydrogens (primary N) is 1. The third-order valence-corrected chi connectivity index (χ3v) is 2.58. The minimum atomic E-state index is -0.315. The normalized spacial score (nSPS) is 9.28. The first kappa shape index (κ1) is 16.7. The highest BCUT2D eigenvalue weighted by Gasteiger charge is 2.08. The van der Waals surface area contributed by atoms with Gasteiger partial charge < -0.3 is 16.4 Å². The first-order valence-corrected chi connectivity index (χ1v) is 5.79. The zero-order valence-electron chi connectivity index (χ0n) is 10.0. The summed E-state index contributed by atoms with van der Waals surface area (Å²) in [5.74, 6) is -0.567. The van der Waals surface area contributed by atoms with Crippen molar-refractivity contribution in [1.82, 2.24) is 5.32 Å². The van der Waals surface area contributed by atoms with Crippen LogP contribution in [0.3, 0.4) is 0 Å². The molecule has 2 amide bonds. The Bertz CT molecular complexity index is 466. The van der Waals surface area contributed by atoms with Gasteiger partial charge in [0.15, 0.2) is 0 Å². The molecule has 0 spiro atoms. The molecule has 100 valence electrons. The Hall–Kier alpha value is -1.27. The van der Waals surface area contributed by atoms with E-state index in [9.17, 15) is 9.59 Å². The lowest BCUT2D eigenvalue weighted by atomic mass is 10.1. The fourth-order valence-electron chi connectivity index (χ4n) is 1.26. The van der Waals surface area contributed by atoms with Crippen LogP contribution in [0.2, 0.25) is 0 Å². The summed E-state index contributed by atoms with van der Waals surface area (Å²) in [7, 11) is 0. The largest absolute Gasteiger partial charge is 0.397 e. The number of benzene rings is 1. The lowest BCUT2D eigenvalue weighted by Gasteiger charge is -2.11. The molecular weight excluding hydrogens is 321 g/mol. The minimum Gasteiger partial charge on any atom is -0.397 e. The average molecular weight is 337 g/mol. The first-order chi connectivity index (χ1) is 7.90. The number of anilines is 2. The van der Waals surface area contributed by atoms with Crippen molar-refractivity contribution in [3.8, 4) is 0 Å². The second-order valence-corrected chi connectivity index (χ2v) is 4.56. The number of carbonyl (C=O) groups excluding carboxylic acids is 2. The van der Waals surface area contributed by atoms with Gasteiger partial charge in [0.2, 0.25) is 11.8 Å². The molecule has 0 unspecified atom stereocenters. The Morgan fingerprint density at radius 3 is 2.56 bits per heavy atom. The predicted molar refractivity (Wildman–Crippen MR) is 77.9 cm³/mol. The van der Waals surface area contributed by atoms with Crippen LogP contribution in [0.25, 0.3) is 0 Å². The standard InChI is InChI=1S/C11H14BrN3O2.ClH/c1-6-3-8(12)4-9(11(6)13)15-10(17)5-14-7(2)16;/h3-4H,5,13H2,1-2H3,(H,14,16)(H,15,17);1H. The molecule has 0 heterocycles. The van der Waals surface area contributed by atoms with Crippen molar-refractivity contribution in [1.29, 1.82) is 0 Å². The van der Waals surface area contributed by atoms with Gasteiger partial charge in [-0.1, -0.05) is 15.9 Å². The van der Waals surface area contributed by atoms with Gasteiger partial charge in [-0.15, -0.1) is 12.4 Å². The van der Waals surface area contributed by atoms with Crippen molar-refractivity contribution in [2.75, 3.05) is 17.6 Å². The van der Waals surface area contributed by atoms with Gasteiger partial charge in [-0.2, -0.15) is 0 Å². The maximum Gasteiger partial charge on any atom is 0.243 e. The van der Waals surface area contributed by atoms with Crippen LogP contribution in [0, 0.1) is 6.92 Å². The van der Waals surface area contributed by atoms with Gasteiger partial charge in [0, 0.05) is 11.4 Å². The number of hydrogen-bond acceptors (Lipinski definition) is 3. The molecule has 0 saturated carbocycles. The Morgan fingerprint density at radius 1 is 1.39 bits per heavy atom. The maximum atomic E-state index is 11.5. The molecule has 4 N–H and O–H groups in total. The molecule has 5 nitrogen and oxygen atoms in total. The second kappa shape index (κ2) is 7.23. The molecule has 0 aliphatic heterocycles. The number of amides is 2. The monoisotopic (exact) mass is 335 g/mol. The summed E-state index contributed by atoms with van der Waals surface area (Å²) in [6, 6.07) is 3.58. The molecule has 0 aromatic heterocycles. The SMILES string of the molecule is CC(=O)NCC(=O)Nc1cc(Br)cc(C)c1N.Cl. The molecule has 0 aliphatic carbocycles. The molecule has 0 aliphatic rings. The van der Waals surface area contributed by atoms with Crippen molar-refractivity contribution in [2.45, 2.75) is 13.8 Å². The van der Waals surface area contributed by atoms with E-state index in [0.717, 1.165) is 10.0 Å². The zero-order valence-corrected chi connectivity index (χ0v) is 12.4. The van der Waals surface area contributed by atoms with E-state index in [1.54, 1.807) is 6.07 Å². The highest BCUT2D eigenvalue weighted by atomic mass is 79.9. The van der Waals surface area contributed by atoms with Crippen molar-refractivity contribution < 1.29 is 9.59 Å². The predicted octanol–water partition coefficient (Wildman–Crippen LogP) is 1.84. The van der Waals surface area contributed by atoms with E-state index in [-0.39, 0.29) is 30.8 Å². The molecule has 0 bridgehead atoms. The van der Waals surface area contributed by atoms with Crippen LogP contribution in [0.5, 0.6) is 0 Å². The van der Waals surface area contributed by atoms with E-state index in [1.165, 1.54) is 6.92 Å². The third-order valence-electron chi connectivity index (χ3n) is 2.12. The lowest BCUT2D eigenvalue weighted by molar-refractivity contribution is -0.122. The first-order valence-electron chi connectivity index (χ1n) is 5.00. The molecule has 7 heteroatoms. The number of nitrogens with one attached hydrogen (secondary N) is 2. The van der Waals surface area contributed by atoms with Crippen LogP contribution in [0.15, 0.2) is 16.6 Å². The summed E-state index contributed by atoms with van der Waals surface area (Å²) >= 11 is 3.32. The number of aryl methyl sites for hydroxylation is 1. The van der Waals surface area contributed by atoms with Crippen molar-refractivity contribution in [3.05, 3.63) is 22.2 Å². The minimum absolute atomic E-state index is 0. The van der Waals surface area contributed by atoms with Gasteiger partial charge in [-0.05, 0) is 24.6 Å². The van der Waals surface area contributed by atoms with E-state index >= 15 is 0 Å². The van der Waals surface area contributed by atoms with Crippen LogP contribution in [0.4, 0.5) is 11.4 Å². The summed E-state index contributed by atoms with van der Waals surface area (Å²) in [6.07, 6.45) is 0.